The Hall–Kier alpha value is -0.480. The first-order chi connectivity index (χ1) is 6.88. The quantitative estimate of drug-likeness (QED) is 0.897. The van der Waals surface area contributed by atoms with Gasteiger partial charge in [0.15, 0.2) is 0 Å². The Balaban J connectivity index is 3.16. The maximum Gasteiger partial charge on any atom is 0.275 e. The predicted molar refractivity (Wildman–Crippen MR) is 59.2 cm³/mol. The Morgan fingerprint density at radius 3 is 2.13 bits per heavy atom. The minimum atomic E-state index is -2.95. The number of alkyl halides is 2. The maximum absolute atomic E-state index is 13.5. The minimum Gasteiger partial charge on any atom is -0.396 e. The second-order valence-electron chi connectivity index (χ2n) is 3.60. The van der Waals surface area contributed by atoms with E-state index in [1.807, 2.05) is 0 Å². The second kappa shape index (κ2) is 4.58. The molecule has 0 radical (unpaired) electrons. The van der Waals surface area contributed by atoms with Gasteiger partial charge < -0.3 is 5.11 Å². The molecular formula is C11H13BrF2O. The number of rotatable bonds is 3. The number of aryl methyl sites for hydroxylation is 2. The molecule has 0 spiro atoms. The van der Waals surface area contributed by atoms with Crippen LogP contribution in [0.3, 0.4) is 0 Å². The van der Waals surface area contributed by atoms with Crippen molar-refractivity contribution >= 4 is 15.9 Å². The molecule has 1 N–H and O–H groups in total. The number of hydrogen-bond donors (Lipinski definition) is 1. The molecule has 0 heterocycles. The lowest BCUT2D eigenvalue weighted by Crippen LogP contribution is -2.15. The van der Waals surface area contributed by atoms with Crippen LogP contribution in [0.1, 0.15) is 23.1 Å². The number of aliphatic hydroxyl groups excluding tert-OH is 1. The van der Waals surface area contributed by atoms with Gasteiger partial charge in [0.25, 0.3) is 5.92 Å². The van der Waals surface area contributed by atoms with E-state index in [0.29, 0.717) is 0 Å². The molecule has 0 saturated carbocycles. The van der Waals surface area contributed by atoms with Crippen LogP contribution in [-0.2, 0) is 5.92 Å². The molecule has 0 aromatic heterocycles. The number of benzene rings is 1. The van der Waals surface area contributed by atoms with E-state index in [-0.39, 0.29) is 5.56 Å². The fourth-order valence-corrected chi connectivity index (χ4v) is 1.67. The lowest BCUT2D eigenvalue weighted by atomic mass is 10.0. The third-order valence-corrected chi connectivity index (χ3v) is 3.54. The van der Waals surface area contributed by atoms with Gasteiger partial charge in [0.2, 0.25) is 0 Å². The zero-order valence-corrected chi connectivity index (χ0v) is 10.2. The zero-order valence-electron chi connectivity index (χ0n) is 8.65. The van der Waals surface area contributed by atoms with Gasteiger partial charge in [0.1, 0.15) is 0 Å². The molecule has 0 amide bonds. The van der Waals surface area contributed by atoms with Crippen molar-refractivity contribution in [3.63, 3.8) is 0 Å². The van der Waals surface area contributed by atoms with Gasteiger partial charge in [-0.05, 0) is 37.1 Å². The van der Waals surface area contributed by atoms with E-state index in [0.717, 1.165) is 15.6 Å². The molecule has 0 aliphatic carbocycles. The van der Waals surface area contributed by atoms with Crippen molar-refractivity contribution in [2.24, 2.45) is 0 Å². The highest BCUT2D eigenvalue weighted by molar-refractivity contribution is 9.10. The van der Waals surface area contributed by atoms with E-state index in [1.54, 1.807) is 13.8 Å². The first-order valence-electron chi connectivity index (χ1n) is 4.64. The van der Waals surface area contributed by atoms with Crippen molar-refractivity contribution in [3.05, 3.63) is 33.3 Å². The highest BCUT2D eigenvalue weighted by atomic mass is 79.9. The van der Waals surface area contributed by atoms with Gasteiger partial charge >= 0.3 is 0 Å². The van der Waals surface area contributed by atoms with Gasteiger partial charge in [-0.2, -0.15) is 0 Å². The summed E-state index contributed by atoms with van der Waals surface area (Å²) < 4.78 is 27.8. The lowest BCUT2D eigenvalue weighted by Gasteiger charge is -2.17. The summed E-state index contributed by atoms with van der Waals surface area (Å²) in [5.41, 5.74) is 1.53. The molecule has 0 atom stereocenters. The summed E-state index contributed by atoms with van der Waals surface area (Å²) in [7, 11) is 0. The van der Waals surface area contributed by atoms with E-state index < -0.39 is 19.0 Å². The molecule has 15 heavy (non-hydrogen) atoms. The number of hydrogen-bond acceptors (Lipinski definition) is 1. The van der Waals surface area contributed by atoms with E-state index in [9.17, 15) is 8.78 Å². The van der Waals surface area contributed by atoms with Crippen molar-refractivity contribution in [3.8, 4) is 0 Å². The van der Waals surface area contributed by atoms with Gasteiger partial charge in [-0.15, -0.1) is 0 Å². The van der Waals surface area contributed by atoms with Crippen LogP contribution in [0.25, 0.3) is 0 Å². The van der Waals surface area contributed by atoms with Crippen LogP contribution >= 0.6 is 15.9 Å². The molecule has 4 heteroatoms. The predicted octanol–water partition coefficient (Wildman–Crippen LogP) is 3.54. The summed E-state index contributed by atoms with van der Waals surface area (Å²) in [4.78, 5) is 0. The molecule has 1 nitrogen and oxygen atoms in total. The summed E-state index contributed by atoms with van der Waals surface area (Å²) in [6.45, 7) is 3.03. The second-order valence-corrected chi connectivity index (χ2v) is 4.40. The summed E-state index contributed by atoms with van der Waals surface area (Å²) in [5.74, 6) is -2.95. The average molecular weight is 279 g/mol. The minimum absolute atomic E-state index is 0.0326. The summed E-state index contributed by atoms with van der Waals surface area (Å²) >= 11 is 3.32. The van der Waals surface area contributed by atoms with Crippen molar-refractivity contribution < 1.29 is 13.9 Å². The smallest absolute Gasteiger partial charge is 0.275 e. The Kier molecular flexibility index (Phi) is 3.84. The number of aliphatic hydroxyl groups is 1. The van der Waals surface area contributed by atoms with E-state index in [1.165, 1.54) is 12.1 Å². The maximum atomic E-state index is 13.5. The van der Waals surface area contributed by atoms with Crippen LogP contribution in [-0.4, -0.2) is 11.7 Å². The average Bonchev–Trinajstić information content (AvgIpc) is 2.13. The molecule has 1 aromatic carbocycles. The molecule has 84 valence electrons. The Labute approximate surface area is 96.2 Å². The van der Waals surface area contributed by atoms with Gasteiger partial charge in [-0.3, -0.25) is 0 Å². The highest BCUT2D eigenvalue weighted by Crippen LogP contribution is 2.34. The van der Waals surface area contributed by atoms with Crippen molar-refractivity contribution in [2.45, 2.75) is 26.2 Å². The van der Waals surface area contributed by atoms with Crippen LogP contribution in [0.2, 0.25) is 0 Å². The van der Waals surface area contributed by atoms with Crippen LogP contribution in [0.5, 0.6) is 0 Å². The molecule has 1 aromatic rings. The van der Waals surface area contributed by atoms with Crippen molar-refractivity contribution in [2.75, 3.05) is 6.61 Å². The Morgan fingerprint density at radius 1 is 1.27 bits per heavy atom. The Morgan fingerprint density at radius 2 is 1.73 bits per heavy atom. The SMILES string of the molecule is Cc1cc(C(F)(F)CCO)cc(C)c1Br. The van der Waals surface area contributed by atoms with Gasteiger partial charge in [-0.1, -0.05) is 15.9 Å². The van der Waals surface area contributed by atoms with Gasteiger partial charge in [0.05, 0.1) is 0 Å². The van der Waals surface area contributed by atoms with Crippen LogP contribution in [0, 0.1) is 13.8 Å². The van der Waals surface area contributed by atoms with E-state index in [2.05, 4.69) is 15.9 Å². The highest BCUT2D eigenvalue weighted by Gasteiger charge is 2.31. The van der Waals surface area contributed by atoms with Crippen LogP contribution < -0.4 is 0 Å². The summed E-state index contributed by atoms with van der Waals surface area (Å²) in [6.07, 6.45) is -0.534. The molecule has 0 saturated heterocycles. The molecule has 1 rings (SSSR count). The normalized spacial score (nSPS) is 11.9. The third kappa shape index (κ3) is 2.75. The number of halogens is 3. The van der Waals surface area contributed by atoms with Crippen LogP contribution in [0.4, 0.5) is 8.78 Å². The van der Waals surface area contributed by atoms with E-state index in [4.69, 9.17) is 5.11 Å². The fraction of sp³-hybridized carbons (Fsp3) is 0.455. The standard InChI is InChI=1S/C11H13BrF2O/c1-7-5-9(6-8(2)10(7)12)11(13,14)3-4-15/h5-6,15H,3-4H2,1-2H3. The fourth-order valence-electron chi connectivity index (χ4n) is 1.44. The summed E-state index contributed by atoms with van der Waals surface area (Å²) in [6, 6.07) is 2.90. The Bertz CT molecular complexity index is 341. The van der Waals surface area contributed by atoms with Gasteiger partial charge in [-0.25, -0.2) is 8.78 Å². The third-order valence-electron chi connectivity index (χ3n) is 2.28. The molecule has 0 bridgehead atoms. The molecule has 0 aliphatic rings. The largest absolute Gasteiger partial charge is 0.396 e. The monoisotopic (exact) mass is 278 g/mol. The molecule has 0 fully saturated rings. The van der Waals surface area contributed by atoms with Crippen molar-refractivity contribution in [1.29, 1.82) is 0 Å². The van der Waals surface area contributed by atoms with Gasteiger partial charge in [0, 0.05) is 23.1 Å². The van der Waals surface area contributed by atoms with Crippen molar-refractivity contribution in [1.82, 2.24) is 0 Å². The summed E-state index contributed by atoms with van der Waals surface area (Å²) in [5, 5.41) is 8.57. The first kappa shape index (κ1) is 12.6. The molecule has 0 unspecified atom stereocenters. The first-order valence-corrected chi connectivity index (χ1v) is 5.43. The molecular weight excluding hydrogens is 266 g/mol. The lowest BCUT2D eigenvalue weighted by molar-refractivity contribution is -0.0270. The zero-order chi connectivity index (χ0) is 11.6. The molecule has 0 aliphatic heterocycles. The van der Waals surface area contributed by atoms with E-state index >= 15 is 0 Å². The van der Waals surface area contributed by atoms with Crippen LogP contribution in [0.15, 0.2) is 16.6 Å². The topological polar surface area (TPSA) is 20.2 Å².